The molecule has 0 aliphatic rings. The molecule has 0 saturated heterocycles. The summed E-state index contributed by atoms with van der Waals surface area (Å²) in [6, 6.07) is 0. The van der Waals surface area contributed by atoms with Crippen LogP contribution in [-0.4, -0.2) is 26.3 Å². The summed E-state index contributed by atoms with van der Waals surface area (Å²) in [5.74, 6) is 0. The van der Waals surface area contributed by atoms with Gasteiger partial charge in [-0.3, -0.25) is 10.0 Å². The van der Waals surface area contributed by atoms with Gasteiger partial charge in [-0.05, 0) is 13.1 Å². The Morgan fingerprint density at radius 3 is 1.33 bits per heavy atom. The van der Waals surface area contributed by atoms with Crippen molar-refractivity contribution >= 4 is 35.7 Å². The standard InChI is InChI=1S/C4H11N.2C2H5.Al.2ClH/c1-3-5-4-2;2*1-2;;;/h5H,3-4H2,1-2H3;2*1H2,2H3;;2*1H/q;;;+1;;/p-1. The van der Waals surface area contributed by atoms with Crippen LogP contribution in [0.2, 0.25) is 10.6 Å². The molecule has 0 unspecified atom stereocenters. The highest BCUT2D eigenvalue weighted by atomic mass is 35.6. The van der Waals surface area contributed by atoms with Crippen LogP contribution in [0.25, 0.3) is 0 Å². The molecular weight excluding hydrogens is 208 g/mol. The van der Waals surface area contributed by atoms with Crippen LogP contribution in [0.15, 0.2) is 0 Å². The monoisotopic (exact) mass is 229 g/mol. The molecule has 0 saturated carbocycles. The van der Waals surface area contributed by atoms with Crippen molar-refractivity contribution in [1.82, 2.24) is 5.32 Å². The minimum absolute atomic E-state index is 0. The summed E-state index contributed by atoms with van der Waals surface area (Å²) in [6.07, 6.45) is 0. The normalized spacial score (nSPS) is 7.75. The van der Waals surface area contributed by atoms with E-state index in [1.165, 1.54) is 10.6 Å². The maximum Gasteiger partial charge on any atom is 0.399 e. The van der Waals surface area contributed by atoms with Crippen molar-refractivity contribution in [3.05, 3.63) is 0 Å². The Labute approximate surface area is 92.3 Å². The number of hydrogen-bond acceptors (Lipinski definition) is 1. The van der Waals surface area contributed by atoms with Crippen molar-refractivity contribution in [3.8, 4) is 0 Å². The predicted octanol–water partition coefficient (Wildman–Crippen LogP) is 3.29. The largest absolute Gasteiger partial charge is 0.399 e. The highest BCUT2D eigenvalue weighted by Gasteiger charge is 2.04. The van der Waals surface area contributed by atoms with Gasteiger partial charge in [-0.25, -0.2) is 0 Å². The molecule has 1 N–H and O–H groups in total. The molecule has 0 rings (SSSR count). The lowest BCUT2D eigenvalue weighted by molar-refractivity contribution is 0.762. The third-order valence-corrected chi connectivity index (χ3v) is 5.01. The Morgan fingerprint density at radius 1 is 1.00 bits per heavy atom. The Morgan fingerprint density at radius 2 is 1.33 bits per heavy atom. The van der Waals surface area contributed by atoms with E-state index >= 15 is 0 Å². The molecule has 0 aromatic rings. The van der Waals surface area contributed by atoms with Gasteiger partial charge in [-0.1, -0.05) is 38.3 Å². The Balaban J connectivity index is -0.000000126. The molecule has 4 heteroatoms. The molecule has 0 fully saturated rings. The summed E-state index contributed by atoms with van der Waals surface area (Å²) in [6.45, 7) is 10.7. The highest BCUT2D eigenvalue weighted by molar-refractivity contribution is 7.06. The van der Waals surface area contributed by atoms with E-state index < -0.39 is 13.2 Å². The number of halogens is 2. The van der Waals surface area contributed by atoms with E-state index in [1.807, 2.05) is 0 Å². The van der Waals surface area contributed by atoms with Gasteiger partial charge in [0.25, 0.3) is 0 Å². The fourth-order valence-corrected chi connectivity index (χ4v) is 1.12. The maximum absolute atomic E-state index is 5.79. The van der Waals surface area contributed by atoms with Gasteiger partial charge >= 0.3 is 13.2 Å². The second-order valence-corrected chi connectivity index (χ2v) is 7.05. The van der Waals surface area contributed by atoms with Crippen LogP contribution >= 0.6 is 22.5 Å². The van der Waals surface area contributed by atoms with E-state index in [0.717, 1.165) is 13.1 Å². The predicted molar refractivity (Wildman–Crippen MR) is 64.0 cm³/mol. The summed E-state index contributed by atoms with van der Waals surface area (Å²) >= 11 is -0.688. The molecule has 0 aromatic heterocycles. The zero-order valence-electron chi connectivity index (χ0n) is 8.69. The lowest BCUT2D eigenvalue weighted by Crippen LogP contribution is -2.09. The lowest BCUT2D eigenvalue weighted by Gasteiger charge is -1.86. The number of rotatable bonds is 4. The van der Waals surface area contributed by atoms with Gasteiger partial charge in [-0.2, -0.15) is 0 Å². The first-order valence-electron chi connectivity index (χ1n) is 4.57. The van der Waals surface area contributed by atoms with Crippen molar-refractivity contribution < 1.29 is 0 Å². The van der Waals surface area contributed by atoms with Gasteiger partial charge in [0.2, 0.25) is 0 Å². The van der Waals surface area contributed by atoms with Crippen LogP contribution in [0, 0.1) is 0 Å². The number of nitrogens with one attached hydrogen (secondary N) is 1. The van der Waals surface area contributed by atoms with Crippen molar-refractivity contribution in [2.45, 2.75) is 38.3 Å². The van der Waals surface area contributed by atoms with E-state index in [9.17, 15) is 0 Å². The van der Waals surface area contributed by atoms with Crippen LogP contribution in [0.3, 0.4) is 0 Å². The maximum atomic E-state index is 5.79. The van der Waals surface area contributed by atoms with E-state index in [1.54, 1.807) is 0 Å². The minimum Gasteiger partial charge on any atom is -0.317 e. The molecule has 1 nitrogen and oxygen atoms in total. The van der Waals surface area contributed by atoms with Crippen molar-refractivity contribution in [2.24, 2.45) is 0 Å². The van der Waals surface area contributed by atoms with Crippen molar-refractivity contribution in [3.63, 3.8) is 0 Å². The Kier molecular flexibility index (Phi) is 28.1. The van der Waals surface area contributed by atoms with Crippen LogP contribution in [0.1, 0.15) is 27.7 Å². The topological polar surface area (TPSA) is 12.0 Å². The second kappa shape index (κ2) is 18.0. The summed E-state index contributed by atoms with van der Waals surface area (Å²) < 4.78 is 0. The fraction of sp³-hybridized carbons (Fsp3) is 1.00. The van der Waals surface area contributed by atoms with E-state index in [2.05, 4.69) is 33.0 Å². The third-order valence-electron chi connectivity index (χ3n) is 1.39. The summed E-state index contributed by atoms with van der Waals surface area (Å²) in [7, 11) is 5.79. The summed E-state index contributed by atoms with van der Waals surface area (Å²) in [5, 5.41) is 5.58. The minimum atomic E-state index is -0.688. The second-order valence-electron chi connectivity index (χ2n) is 2.37. The molecule has 0 bridgehead atoms. The summed E-state index contributed by atoms with van der Waals surface area (Å²) in [4.78, 5) is 0. The quantitative estimate of drug-likeness (QED) is 0.730. The zero-order chi connectivity index (χ0) is 9.11. The SMILES string of the molecule is CCNCC.C[CH2][Al]([Cl])[CH2]C.Cl. The molecule has 0 radical (unpaired) electrons. The summed E-state index contributed by atoms with van der Waals surface area (Å²) in [5.41, 5.74) is 0. The Hall–Kier alpha value is 1.07. The van der Waals surface area contributed by atoms with Crippen molar-refractivity contribution in [2.75, 3.05) is 13.1 Å². The first-order chi connectivity index (χ1) is 5.22. The molecule has 0 heterocycles. The molecule has 0 aliphatic carbocycles. The van der Waals surface area contributed by atoms with Gasteiger partial charge in [0.15, 0.2) is 0 Å². The average Bonchev–Trinajstić information content (AvgIpc) is 2.06. The van der Waals surface area contributed by atoms with Gasteiger partial charge in [0.05, 0.1) is 0 Å². The molecule has 76 valence electrons. The zero-order valence-corrected chi connectivity index (χ0v) is 11.4. The van der Waals surface area contributed by atoms with Crippen LogP contribution in [0.5, 0.6) is 0 Å². The smallest absolute Gasteiger partial charge is 0.317 e. The van der Waals surface area contributed by atoms with Gasteiger partial charge in [0.1, 0.15) is 0 Å². The molecule has 0 spiro atoms. The highest BCUT2D eigenvalue weighted by Crippen LogP contribution is 2.00. The van der Waals surface area contributed by atoms with Crippen molar-refractivity contribution in [1.29, 1.82) is 0 Å². The molecule has 0 aliphatic heterocycles. The van der Waals surface area contributed by atoms with E-state index in [4.69, 9.17) is 10.0 Å². The van der Waals surface area contributed by atoms with E-state index in [0.29, 0.717) is 0 Å². The Bertz CT molecular complexity index is 59.0. The first kappa shape index (κ1) is 18.8. The first-order valence-corrected chi connectivity index (χ1v) is 7.95. The van der Waals surface area contributed by atoms with Crippen LogP contribution < -0.4 is 5.32 Å². The molecule has 12 heavy (non-hydrogen) atoms. The number of hydrogen-bond donors (Lipinski definition) is 1. The van der Waals surface area contributed by atoms with E-state index in [-0.39, 0.29) is 12.4 Å². The van der Waals surface area contributed by atoms with Crippen LogP contribution in [0.4, 0.5) is 0 Å². The molecule has 0 amide bonds. The molecule has 0 atom stereocenters. The van der Waals surface area contributed by atoms with Gasteiger partial charge in [-0.15, -0.1) is 12.4 Å². The van der Waals surface area contributed by atoms with Crippen LogP contribution in [-0.2, 0) is 0 Å². The lowest BCUT2D eigenvalue weighted by atomic mass is 10.7. The van der Waals surface area contributed by atoms with Gasteiger partial charge in [0, 0.05) is 0 Å². The fourth-order valence-electron chi connectivity index (χ4n) is 0.539. The van der Waals surface area contributed by atoms with Gasteiger partial charge < -0.3 is 5.32 Å². The average molecular weight is 230 g/mol. The molecule has 0 aromatic carbocycles. The molecular formula is C8H22AlCl2N. The third kappa shape index (κ3) is 22.5.